The average molecular weight is 676 g/mol. The van der Waals surface area contributed by atoms with E-state index in [0.717, 1.165) is 43.6 Å². The maximum atomic E-state index is 14.2. The largest absolute Gasteiger partial charge is 0.488 e. The summed E-state index contributed by atoms with van der Waals surface area (Å²) in [6, 6.07) is 8.04. The smallest absolute Gasteiger partial charge is 0.270 e. The van der Waals surface area contributed by atoms with Crippen LogP contribution >= 0.6 is 11.6 Å². The van der Waals surface area contributed by atoms with Crippen LogP contribution in [0.5, 0.6) is 5.75 Å². The Kier molecular flexibility index (Phi) is 10.1. The number of carbonyl (C=O) groups excluding carboxylic acids is 1. The number of rotatable bonds is 11. The first kappa shape index (κ1) is 34.2. The SMILES string of the molecule is COC1(OS(=O)(=O)CCCCl)CC(N2CCCCC2)=CC=C1c1ccc2c(c1COc1cc(F)ccc1C)N(C)C(=O)C(C)(C)N2. The highest BCUT2D eigenvalue weighted by Crippen LogP contribution is 2.48. The molecular formula is C34H43ClFN3O6S. The van der Waals surface area contributed by atoms with Gasteiger partial charge in [0.1, 0.15) is 23.7 Å². The average Bonchev–Trinajstić information content (AvgIpc) is 3.03. The van der Waals surface area contributed by atoms with E-state index >= 15 is 0 Å². The molecule has 0 radical (unpaired) electrons. The number of piperidine rings is 1. The zero-order chi connectivity index (χ0) is 33.3. The topological polar surface area (TPSA) is 97.4 Å². The molecule has 2 heterocycles. The summed E-state index contributed by atoms with van der Waals surface area (Å²) in [5.74, 6) is -2.07. The summed E-state index contributed by atoms with van der Waals surface area (Å²) in [5, 5.41) is 3.34. The molecular weight excluding hydrogens is 633 g/mol. The van der Waals surface area contributed by atoms with E-state index in [2.05, 4.69) is 10.2 Å². The van der Waals surface area contributed by atoms with Crippen molar-refractivity contribution in [2.75, 3.05) is 49.1 Å². The Balaban J connectivity index is 1.69. The maximum Gasteiger partial charge on any atom is 0.270 e. The summed E-state index contributed by atoms with van der Waals surface area (Å²) in [6.07, 6.45) is 7.42. The molecule has 250 valence electrons. The van der Waals surface area contributed by atoms with Crippen LogP contribution in [0.4, 0.5) is 15.8 Å². The fourth-order valence-electron chi connectivity index (χ4n) is 6.47. The van der Waals surface area contributed by atoms with Gasteiger partial charge in [-0.15, -0.1) is 11.6 Å². The summed E-state index contributed by atoms with van der Waals surface area (Å²) in [7, 11) is -0.947. The summed E-state index contributed by atoms with van der Waals surface area (Å²) in [6.45, 7) is 7.09. The Morgan fingerprint density at radius 2 is 1.83 bits per heavy atom. The first-order valence-electron chi connectivity index (χ1n) is 15.6. The molecule has 0 saturated carbocycles. The van der Waals surface area contributed by atoms with Gasteiger partial charge in [0.2, 0.25) is 5.79 Å². The van der Waals surface area contributed by atoms with Crippen LogP contribution in [0, 0.1) is 12.7 Å². The van der Waals surface area contributed by atoms with Gasteiger partial charge in [0, 0.05) is 62.4 Å². The van der Waals surface area contributed by atoms with Gasteiger partial charge < -0.3 is 24.6 Å². The number of allylic oxidation sites excluding steroid dienone is 2. The van der Waals surface area contributed by atoms with Crippen molar-refractivity contribution in [1.29, 1.82) is 0 Å². The second kappa shape index (κ2) is 13.5. The second-order valence-corrected chi connectivity index (χ2v) is 14.7. The molecule has 2 aromatic rings. The lowest BCUT2D eigenvalue weighted by Gasteiger charge is -2.43. The maximum absolute atomic E-state index is 14.2. The first-order chi connectivity index (χ1) is 21.8. The number of likely N-dealkylation sites (tertiary alicyclic amines) is 1. The molecule has 1 saturated heterocycles. The van der Waals surface area contributed by atoms with Crippen LogP contribution in [0.3, 0.4) is 0 Å². The standard InChI is InChI=1S/C34H43ClFN3O6S/c1-23-10-11-24(36)20-30(23)44-22-27-26(13-15-29-31(27)38(4)32(40)33(2,3)37-29)28-14-12-25(39-17-7-6-8-18-39)21-34(28,43-5)45-46(41,42)19-9-16-35/h10-15,20,37H,6-9,16-19,21-22H2,1-5H3. The van der Waals surface area contributed by atoms with Crippen molar-refractivity contribution in [2.24, 2.45) is 0 Å². The summed E-state index contributed by atoms with van der Waals surface area (Å²) < 4.78 is 59.4. The van der Waals surface area contributed by atoms with Crippen molar-refractivity contribution in [2.45, 2.75) is 70.8 Å². The third kappa shape index (κ3) is 6.93. The second-order valence-electron chi connectivity index (χ2n) is 12.6. The Labute approximate surface area is 276 Å². The van der Waals surface area contributed by atoms with Gasteiger partial charge >= 0.3 is 0 Å². The molecule has 1 N–H and O–H groups in total. The van der Waals surface area contributed by atoms with Gasteiger partial charge in [-0.1, -0.05) is 18.2 Å². The molecule has 1 aliphatic carbocycles. The number of hydrogen-bond acceptors (Lipinski definition) is 8. The molecule has 0 bridgehead atoms. The van der Waals surface area contributed by atoms with Crippen molar-refractivity contribution in [3.05, 3.63) is 70.7 Å². The van der Waals surface area contributed by atoms with E-state index in [9.17, 15) is 17.6 Å². The van der Waals surface area contributed by atoms with E-state index in [1.54, 1.807) is 31.9 Å². The number of benzene rings is 2. The lowest BCUT2D eigenvalue weighted by Crippen LogP contribution is -2.53. The van der Waals surface area contributed by atoms with Crippen LogP contribution in [-0.4, -0.2) is 69.4 Å². The molecule has 5 rings (SSSR count). The van der Waals surface area contributed by atoms with Gasteiger partial charge in [0.25, 0.3) is 16.0 Å². The molecule has 9 nitrogen and oxygen atoms in total. The van der Waals surface area contributed by atoms with Crippen LogP contribution in [0.15, 0.2) is 48.2 Å². The molecule has 2 aliphatic heterocycles. The molecule has 46 heavy (non-hydrogen) atoms. The highest BCUT2D eigenvalue weighted by atomic mass is 35.5. The molecule has 3 aliphatic rings. The quantitative estimate of drug-likeness (QED) is 0.167. The van der Waals surface area contributed by atoms with Gasteiger partial charge in [-0.05, 0) is 75.8 Å². The normalized spacial score (nSPS) is 21.3. The fraction of sp³-hybridized carbons (Fsp3) is 0.500. The van der Waals surface area contributed by atoms with Crippen molar-refractivity contribution in [1.82, 2.24) is 4.90 Å². The molecule has 12 heteroatoms. The highest BCUT2D eigenvalue weighted by molar-refractivity contribution is 7.86. The third-order valence-electron chi connectivity index (χ3n) is 8.87. The number of halogens is 2. The van der Waals surface area contributed by atoms with E-state index in [0.29, 0.717) is 33.8 Å². The Bertz CT molecular complexity index is 1650. The van der Waals surface area contributed by atoms with Gasteiger partial charge in [-0.3, -0.25) is 4.79 Å². The van der Waals surface area contributed by atoms with Crippen molar-refractivity contribution >= 4 is 44.6 Å². The minimum atomic E-state index is -4.09. The van der Waals surface area contributed by atoms with Crippen molar-refractivity contribution in [3.8, 4) is 5.75 Å². The van der Waals surface area contributed by atoms with Gasteiger partial charge in [0.05, 0.1) is 17.1 Å². The van der Waals surface area contributed by atoms with Crippen LogP contribution in [-0.2, 0) is 30.4 Å². The summed E-state index contributed by atoms with van der Waals surface area (Å²) in [4.78, 5) is 17.3. The number of methoxy groups -OCH3 is 1. The monoisotopic (exact) mass is 675 g/mol. The number of ether oxygens (including phenoxy) is 2. The Morgan fingerprint density at radius 3 is 2.52 bits per heavy atom. The molecule has 1 amide bonds. The third-order valence-corrected chi connectivity index (χ3v) is 10.4. The number of alkyl halides is 1. The lowest BCUT2D eigenvalue weighted by atomic mass is 9.84. The van der Waals surface area contributed by atoms with E-state index in [1.165, 1.54) is 19.2 Å². The number of fused-ring (bicyclic) bond motifs is 1. The number of anilines is 2. The molecule has 1 unspecified atom stereocenters. The van der Waals surface area contributed by atoms with E-state index < -0.39 is 27.3 Å². The first-order valence-corrected chi connectivity index (χ1v) is 17.7. The van der Waals surface area contributed by atoms with Gasteiger partial charge in [0.15, 0.2) is 0 Å². The minimum Gasteiger partial charge on any atom is -0.488 e. The molecule has 0 spiro atoms. The van der Waals surface area contributed by atoms with Crippen LogP contribution in [0.1, 0.15) is 62.6 Å². The van der Waals surface area contributed by atoms with E-state index in [1.807, 2.05) is 31.2 Å². The predicted molar refractivity (Wildman–Crippen MR) is 179 cm³/mol. The number of aryl methyl sites for hydroxylation is 1. The summed E-state index contributed by atoms with van der Waals surface area (Å²) >= 11 is 5.85. The zero-order valence-electron chi connectivity index (χ0n) is 27.1. The van der Waals surface area contributed by atoms with Crippen molar-refractivity contribution in [3.63, 3.8) is 0 Å². The van der Waals surface area contributed by atoms with Crippen LogP contribution in [0.2, 0.25) is 0 Å². The van der Waals surface area contributed by atoms with Gasteiger partial charge in [-0.25, -0.2) is 8.57 Å². The Morgan fingerprint density at radius 1 is 1.09 bits per heavy atom. The summed E-state index contributed by atoms with van der Waals surface area (Å²) in [5.41, 5.74) is 3.69. The predicted octanol–water partition coefficient (Wildman–Crippen LogP) is 6.35. The van der Waals surface area contributed by atoms with Gasteiger partial charge in [-0.2, -0.15) is 8.42 Å². The number of carbonyl (C=O) groups is 1. The zero-order valence-corrected chi connectivity index (χ0v) is 28.7. The van der Waals surface area contributed by atoms with E-state index in [-0.39, 0.29) is 37.0 Å². The number of nitrogens with one attached hydrogen (secondary N) is 1. The highest BCUT2D eigenvalue weighted by Gasteiger charge is 2.46. The number of likely N-dealkylation sites (N-methyl/N-ethyl adjacent to an activating group) is 1. The number of hydrogen-bond donors (Lipinski definition) is 1. The molecule has 1 atom stereocenters. The van der Waals surface area contributed by atoms with Crippen LogP contribution in [0.25, 0.3) is 5.57 Å². The fourth-order valence-corrected chi connectivity index (χ4v) is 7.97. The number of nitrogens with zero attached hydrogens (tertiary/aromatic N) is 2. The Hall–Kier alpha value is -3.12. The molecule has 0 aromatic heterocycles. The lowest BCUT2D eigenvalue weighted by molar-refractivity contribution is -0.121. The van der Waals surface area contributed by atoms with E-state index in [4.69, 9.17) is 25.3 Å². The number of amides is 1. The molecule has 2 aromatic carbocycles. The van der Waals surface area contributed by atoms with Crippen molar-refractivity contribution < 1.29 is 31.3 Å². The van der Waals surface area contributed by atoms with Crippen LogP contribution < -0.4 is 15.0 Å². The molecule has 1 fully saturated rings. The minimum absolute atomic E-state index is 0.0542.